The van der Waals surface area contributed by atoms with Crippen LogP contribution < -0.4 is 12.4 Å². The quantitative estimate of drug-likeness (QED) is 0.241. The second-order valence-electron chi connectivity index (χ2n) is 0.408. The van der Waals surface area contributed by atoms with Crippen LogP contribution in [0, 0.1) is 0 Å². The van der Waals surface area contributed by atoms with E-state index in [0.717, 1.165) is 0 Å². The van der Waals surface area contributed by atoms with E-state index in [4.69, 9.17) is 17.5 Å². The normalized spacial score (nSPS) is 5.80. The number of halogens is 1. The second-order valence-corrected chi connectivity index (χ2v) is 1.22. The summed E-state index contributed by atoms with van der Waals surface area (Å²) in [6.07, 6.45) is 0. The van der Waals surface area contributed by atoms with E-state index >= 15 is 0 Å². The third-order valence-corrected chi connectivity index (χ3v) is 0. The Morgan fingerprint density at radius 3 is 1.00 bits per heavy atom. The van der Waals surface area contributed by atoms with Crippen molar-refractivity contribution in [3.63, 3.8) is 0 Å². The molecule has 0 aliphatic heterocycles. The minimum Gasteiger partial charge on any atom is -1.00 e. The van der Waals surface area contributed by atoms with E-state index < -0.39 is 10.4 Å². The first-order chi connectivity index (χ1) is 2.00. The molecule has 0 unspecified atom stereocenters. The van der Waals surface area contributed by atoms with E-state index in [9.17, 15) is 0 Å². The molecule has 0 saturated carbocycles. The van der Waals surface area contributed by atoms with Crippen LogP contribution in [0.15, 0.2) is 0 Å². The Morgan fingerprint density at radius 2 is 1.00 bits per heavy atom. The molecule has 0 heterocycles. The van der Waals surface area contributed by atoms with Crippen molar-refractivity contribution in [3.8, 4) is 0 Å². The summed E-state index contributed by atoms with van der Waals surface area (Å²) >= 11 is 0. The predicted octanol–water partition coefficient (Wildman–Crippen LogP) is -6.37. The largest absolute Gasteiger partial charge is 2.00 e. The Morgan fingerprint density at radius 1 is 1.00 bits per heavy atom. The first-order valence-electron chi connectivity index (χ1n) is 0.667. The fourth-order valence-corrected chi connectivity index (χ4v) is 0. The SMILES string of the molecule is O.O.O=S(=O)([O-])[O-].[Cl-].[Cu+2].[Mg+2]. The molecule has 65 valence electrons. The van der Waals surface area contributed by atoms with Gasteiger partial charge in [-0.15, -0.1) is 0 Å². The van der Waals surface area contributed by atoms with Crippen molar-refractivity contribution in [2.45, 2.75) is 0 Å². The van der Waals surface area contributed by atoms with Gasteiger partial charge < -0.3 is 32.5 Å². The molecular weight excluding hydrogens is 251 g/mol. The van der Waals surface area contributed by atoms with E-state index in [2.05, 4.69) is 0 Å². The molecule has 0 aromatic heterocycles. The summed E-state index contributed by atoms with van der Waals surface area (Å²) in [5.41, 5.74) is 0. The van der Waals surface area contributed by atoms with Crippen LogP contribution in [0.3, 0.4) is 0 Å². The third kappa shape index (κ3) is 351. The standard InChI is InChI=1S/ClH.Cu.Mg.H2O4S.2H2O/c;;;1-5(2,3)4;;/h1H;;;(H2,1,2,3,4);2*1H2/q;2*+2;;;/p-3. The monoisotopic (exact) mass is 254 g/mol. The topological polar surface area (TPSA) is 143 Å². The summed E-state index contributed by atoms with van der Waals surface area (Å²) in [5, 5.41) is 0. The molecule has 0 aromatic carbocycles. The van der Waals surface area contributed by atoms with Crippen LogP contribution >= 0.6 is 0 Å². The van der Waals surface area contributed by atoms with Crippen molar-refractivity contribution in [2.75, 3.05) is 0 Å². The Kier molecular flexibility index (Phi) is 71.1. The molecule has 0 spiro atoms. The van der Waals surface area contributed by atoms with Crippen LogP contribution in [0.2, 0.25) is 0 Å². The van der Waals surface area contributed by atoms with Gasteiger partial charge in [0, 0.05) is 10.4 Å². The van der Waals surface area contributed by atoms with Crippen molar-refractivity contribution in [1.82, 2.24) is 0 Å². The fraction of sp³-hybridized carbons (Fsp3) is 0. The number of rotatable bonds is 0. The van der Waals surface area contributed by atoms with Crippen LogP contribution in [-0.4, -0.2) is 51.5 Å². The van der Waals surface area contributed by atoms with E-state index in [1.807, 2.05) is 0 Å². The van der Waals surface area contributed by atoms with Gasteiger partial charge in [0.15, 0.2) is 0 Å². The minimum absolute atomic E-state index is 0. The Hall–Kier alpha value is 1.37. The maximum Gasteiger partial charge on any atom is 2.00 e. The van der Waals surface area contributed by atoms with E-state index in [1.54, 1.807) is 0 Å². The molecule has 10 heavy (non-hydrogen) atoms. The molecule has 0 saturated heterocycles. The predicted molar refractivity (Wildman–Crippen MR) is 23.5 cm³/mol. The van der Waals surface area contributed by atoms with E-state index in [-0.39, 0.29) is 63.5 Å². The van der Waals surface area contributed by atoms with E-state index in [0.29, 0.717) is 0 Å². The molecule has 1 radical (unpaired) electrons. The average molecular weight is 255 g/mol. The first kappa shape index (κ1) is 42.4. The van der Waals surface area contributed by atoms with Crippen LogP contribution in [0.1, 0.15) is 0 Å². The van der Waals surface area contributed by atoms with Crippen LogP contribution in [0.25, 0.3) is 0 Å². The molecule has 0 bridgehead atoms. The van der Waals surface area contributed by atoms with Crippen LogP contribution in [0.4, 0.5) is 0 Å². The van der Waals surface area contributed by atoms with Crippen molar-refractivity contribution in [1.29, 1.82) is 0 Å². The van der Waals surface area contributed by atoms with Crippen molar-refractivity contribution < 1.29 is 58.0 Å². The van der Waals surface area contributed by atoms with Gasteiger partial charge in [-0.3, -0.25) is 8.42 Å². The molecular formula is H4ClCuMgO6S+. The number of hydrogen-bond donors (Lipinski definition) is 0. The summed E-state index contributed by atoms with van der Waals surface area (Å²) in [4.78, 5) is 0. The van der Waals surface area contributed by atoms with Crippen molar-refractivity contribution in [3.05, 3.63) is 0 Å². The first-order valence-corrected chi connectivity index (χ1v) is 2.00. The summed E-state index contributed by atoms with van der Waals surface area (Å²) in [6.45, 7) is 0. The van der Waals surface area contributed by atoms with E-state index in [1.165, 1.54) is 0 Å². The summed E-state index contributed by atoms with van der Waals surface area (Å²) in [7, 11) is -5.17. The van der Waals surface area contributed by atoms with Gasteiger partial charge in [-0.05, 0) is 0 Å². The van der Waals surface area contributed by atoms with Crippen LogP contribution in [0.5, 0.6) is 0 Å². The number of hydrogen-bond acceptors (Lipinski definition) is 4. The van der Waals surface area contributed by atoms with Gasteiger partial charge in [0.25, 0.3) is 0 Å². The smallest absolute Gasteiger partial charge is 1.00 e. The molecule has 10 heteroatoms. The van der Waals surface area contributed by atoms with Gasteiger partial charge in [-0.25, -0.2) is 0 Å². The fourth-order valence-electron chi connectivity index (χ4n) is 0. The van der Waals surface area contributed by atoms with Gasteiger partial charge in [0.1, 0.15) is 0 Å². The summed E-state index contributed by atoms with van der Waals surface area (Å²) in [6, 6.07) is 0. The molecule has 0 amide bonds. The second kappa shape index (κ2) is 16.8. The molecule has 0 rings (SSSR count). The third-order valence-electron chi connectivity index (χ3n) is 0. The molecule has 0 aliphatic carbocycles. The van der Waals surface area contributed by atoms with Gasteiger partial charge in [-0.2, -0.15) is 0 Å². The molecule has 0 aromatic rings. The molecule has 6 nitrogen and oxygen atoms in total. The molecule has 0 atom stereocenters. The maximum atomic E-state index is 8.52. The van der Waals surface area contributed by atoms with Gasteiger partial charge in [0.2, 0.25) is 0 Å². The minimum atomic E-state index is -5.17. The molecule has 0 fully saturated rings. The zero-order valence-corrected chi connectivity index (χ0v) is 8.36. The zero-order valence-electron chi connectivity index (χ0n) is 4.43. The molecule has 0 aliphatic rings. The van der Waals surface area contributed by atoms with Gasteiger partial charge >= 0.3 is 40.1 Å². The Bertz CT molecular complexity index is 101. The Labute approximate surface area is 91.0 Å². The Balaban J connectivity index is -0.00000000800. The molecule has 4 N–H and O–H groups in total. The zero-order chi connectivity index (χ0) is 4.50. The maximum absolute atomic E-state index is 8.52. The van der Waals surface area contributed by atoms with Gasteiger partial charge in [0.05, 0.1) is 0 Å². The van der Waals surface area contributed by atoms with Crippen LogP contribution in [-0.2, 0) is 27.5 Å². The summed E-state index contributed by atoms with van der Waals surface area (Å²) < 4.78 is 34.1. The van der Waals surface area contributed by atoms with Crippen molar-refractivity contribution >= 4 is 33.5 Å². The van der Waals surface area contributed by atoms with Crippen molar-refractivity contribution in [2.24, 2.45) is 0 Å². The van der Waals surface area contributed by atoms with Gasteiger partial charge in [-0.1, -0.05) is 0 Å². The summed E-state index contributed by atoms with van der Waals surface area (Å²) in [5.74, 6) is 0. The average Bonchev–Trinajstić information content (AvgIpc) is 0.722.